The predicted octanol–water partition coefficient (Wildman–Crippen LogP) is 3.78. The Morgan fingerprint density at radius 1 is 0.816 bits per heavy atom. The van der Waals surface area contributed by atoms with Crippen molar-refractivity contribution in [1.82, 2.24) is 21.1 Å². The van der Waals surface area contributed by atoms with Crippen molar-refractivity contribution in [2.24, 2.45) is 0 Å². The largest absolute Gasteiger partial charge is 0.472 e. The number of alkyl halides is 3. The zero-order valence-electron chi connectivity index (χ0n) is 20.2. The molecule has 38 heavy (non-hydrogen) atoms. The molecule has 198 valence electrons. The Morgan fingerprint density at radius 2 is 1.45 bits per heavy atom. The number of para-hydroxylation sites is 1. The van der Waals surface area contributed by atoms with Crippen LogP contribution in [0, 0.1) is 0 Å². The number of amides is 4. The Labute approximate surface area is 217 Å². The third-order valence-electron chi connectivity index (χ3n) is 6.15. The van der Waals surface area contributed by atoms with E-state index in [0.717, 1.165) is 11.3 Å². The molecule has 3 N–H and O–H groups in total. The molecule has 1 unspecified atom stereocenters. The van der Waals surface area contributed by atoms with Gasteiger partial charge in [-0.2, -0.15) is 13.2 Å². The molecule has 8 nitrogen and oxygen atoms in total. The van der Waals surface area contributed by atoms with Gasteiger partial charge >= 0.3 is 18.1 Å². The lowest BCUT2D eigenvalue weighted by Gasteiger charge is -2.43. The quantitative estimate of drug-likeness (QED) is 0.442. The van der Waals surface area contributed by atoms with E-state index in [-0.39, 0.29) is 24.2 Å². The zero-order chi connectivity index (χ0) is 27.1. The van der Waals surface area contributed by atoms with Crippen LogP contribution in [-0.2, 0) is 11.3 Å². The second kappa shape index (κ2) is 11.7. The van der Waals surface area contributed by atoms with Crippen LogP contribution in [0.1, 0.15) is 27.5 Å². The van der Waals surface area contributed by atoms with E-state index in [1.807, 2.05) is 48.5 Å². The smallest absolute Gasteiger partial charge is 0.361 e. The molecule has 11 heteroatoms. The van der Waals surface area contributed by atoms with Gasteiger partial charge in [0.2, 0.25) is 0 Å². The summed E-state index contributed by atoms with van der Waals surface area (Å²) in [6.45, 7) is 1.88. The van der Waals surface area contributed by atoms with Gasteiger partial charge in [-0.25, -0.2) is 4.79 Å². The normalized spacial score (nSPS) is 15.5. The Bertz CT molecular complexity index is 1250. The summed E-state index contributed by atoms with van der Waals surface area (Å²) in [4.78, 5) is 39.8. The summed E-state index contributed by atoms with van der Waals surface area (Å²) in [5, 5.41) is 2.89. The number of hydrogen-bond acceptors (Lipinski definition) is 4. The second-order valence-corrected chi connectivity index (χ2v) is 8.66. The van der Waals surface area contributed by atoms with Gasteiger partial charge in [0.1, 0.15) is 0 Å². The highest BCUT2D eigenvalue weighted by Gasteiger charge is 2.39. The lowest BCUT2D eigenvalue weighted by molar-refractivity contribution is -0.174. The maximum atomic E-state index is 13.0. The number of hydrazine groups is 1. The van der Waals surface area contributed by atoms with Crippen molar-refractivity contribution in [3.63, 3.8) is 0 Å². The van der Waals surface area contributed by atoms with Gasteiger partial charge in [0.05, 0.1) is 6.04 Å². The molecule has 0 saturated carbocycles. The van der Waals surface area contributed by atoms with Crippen LogP contribution < -0.4 is 21.1 Å². The van der Waals surface area contributed by atoms with Crippen molar-refractivity contribution in [2.75, 3.05) is 24.5 Å². The van der Waals surface area contributed by atoms with Crippen LogP contribution in [0.15, 0.2) is 84.9 Å². The number of hydrogen-bond donors (Lipinski definition) is 3. The first-order chi connectivity index (χ1) is 18.2. The lowest BCUT2D eigenvalue weighted by Crippen LogP contribution is -2.53. The number of benzene rings is 3. The fourth-order valence-corrected chi connectivity index (χ4v) is 4.18. The first kappa shape index (κ1) is 26.5. The Hall–Kier alpha value is -4.54. The van der Waals surface area contributed by atoms with Crippen LogP contribution in [0.5, 0.6) is 0 Å². The van der Waals surface area contributed by atoms with Crippen LogP contribution in [0.4, 0.5) is 23.7 Å². The molecule has 1 aliphatic rings. The Kier molecular flexibility index (Phi) is 8.15. The molecule has 0 aromatic heterocycles. The second-order valence-electron chi connectivity index (χ2n) is 8.66. The summed E-state index contributed by atoms with van der Waals surface area (Å²) in [5.41, 5.74) is 5.95. The maximum Gasteiger partial charge on any atom is 0.472 e. The highest BCUT2D eigenvalue weighted by atomic mass is 19.4. The number of nitrogens with zero attached hydrogens (tertiary/aromatic N) is 2. The highest BCUT2D eigenvalue weighted by Crippen LogP contribution is 2.30. The van der Waals surface area contributed by atoms with Gasteiger partial charge in [-0.15, -0.1) is 0 Å². The van der Waals surface area contributed by atoms with Gasteiger partial charge in [0, 0.05) is 37.4 Å². The molecule has 4 amide bonds. The van der Waals surface area contributed by atoms with Crippen LogP contribution in [0.2, 0.25) is 0 Å². The summed E-state index contributed by atoms with van der Waals surface area (Å²) in [6.07, 6.45) is -5.11. The number of piperazine rings is 1. The highest BCUT2D eigenvalue weighted by molar-refractivity contribution is 5.95. The topological polar surface area (TPSA) is 93.8 Å². The van der Waals surface area contributed by atoms with Gasteiger partial charge < -0.3 is 15.1 Å². The molecule has 0 spiro atoms. The number of anilines is 1. The summed E-state index contributed by atoms with van der Waals surface area (Å²) in [6, 6.07) is 25.7. The fourth-order valence-electron chi connectivity index (χ4n) is 4.18. The molecular formula is C27H26F3N5O3. The Morgan fingerprint density at radius 3 is 2.08 bits per heavy atom. The van der Waals surface area contributed by atoms with E-state index in [1.165, 1.54) is 17.6 Å². The number of carbonyl (C=O) groups is 3. The predicted molar refractivity (Wildman–Crippen MR) is 135 cm³/mol. The molecule has 0 radical (unpaired) electrons. The van der Waals surface area contributed by atoms with Crippen molar-refractivity contribution in [3.8, 4) is 0 Å². The van der Waals surface area contributed by atoms with Crippen LogP contribution in [0.25, 0.3) is 0 Å². The van der Waals surface area contributed by atoms with Crippen LogP contribution in [-0.4, -0.2) is 48.6 Å². The van der Waals surface area contributed by atoms with Gasteiger partial charge in [0.25, 0.3) is 5.91 Å². The van der Waals surface area contributed by atoms with E-state index in [9.17, 15) is 27.6 Å². The number of rotatable bonds is 5. The number of carbonyl (C=O) groups excluding carboxylic acids is 3. The molecule has 1 aliphatic heterocycles. The lowest BCUT2D eigenvalue weighted by atomic mass is 10.0. The standard InChI is InChI=1S/C27H26F3N5O3/c28-27(29,30)25(37)33-32-24(36)21-13-11-19(12-14-21)17-31-26(38)34-15-16-35(22-9-5-2-6-10-22)23(18-34)20-7-3-1-4-8-20/h1-14,23H,15-18H2,(H,31,38)(H,32,36)(H,33,37). The van der Waals surface area contributed by atoms with Gasteiger partial charge in [0.15, 0.2) is 0 Å². The molecule has 1 heterocycles. The molecule has 4 rings (SSSR count). The van der Waals surface area contributed by atoms with Gasteiger partial charge in [-0.3, -0.25) is 20.4 Å². The maximum absolute atomic E-state index is 13.0. The third kappa shape index (κ3) is 6.61. The molecular weight excluding hydrogens is 499 g/mol. The summed E-state index contributed by atoms with van der Waals surface area (Å²) < 4.78 is 36.7. The van der Waals surface area contributed by atoms with Crippen molar-refractivity contribution in [3.05, 3.63) is 102 Å². The molecule has 0 bridgehead atoms. The average molecular weight is 526 g/mol. The summed E-state index contributed by atoms with van der Waals surface area (Å²) in [5.74, 6) is -3.18. The average Bonchev–Trinajstić information content (AvgIpc) is 2.94. The molecule has 3 aromatic rings. The van der Waals surface area contributed by atoms with E-state index in [0.29, 0.717) is 25.2 Å². The minimum Gasteiger partial charge on any atom is -0.361 e. The number of urea groups is 1. The van der Waals surface area contributed by atoms with Crippen LogP contribution in [0.3, 0.4) is 0 Å². The number of halogens is 3. The Balaban J connectivity index is 1.34. The monoisotopic (exact) mass is 525 g/mol. The summed E-state index contributed by atoms with van der Waals surface area (Å²) >= 11 is 0. The first-order valence-electron chi connectivity index (χ1n) is 11.9. The SMILES string of the molecule is O=C(NNC(=O)C(F)(F)F)c1ccc(CNC(=O)N2CCN(c3ccccc3)C(c3ccccc3)C2)cc1. The molecule has 0 aliphatic carbocycles. The van der Waals surface area contributed by atoms with E-state index in [1.54, 1.807) is 22.5 Å². The van der Waals surface area contributed by atoms with Crippen LogP contribution >= 0.6 is 0 Å². The van der Waals surface area contributed by atoms with E-state index in [2.05, 4.69) is 22.3 Å². The number of nitrogens with one attached hydrogen (secondary N) is 3. The minimum absolute atomic E-state index is 0.0197. The molecule has 1 atom stereocenters. The van der Waals surface area contributed by atoms with E-state index < -0.39 is 18.0 Å². The first-order valence-corrected chi connectivity index (χ1v) is 11.9. The molecule has 3 aromatic carbocycles. The van der Waals surface area contributed by atoms with E-state index in [4.69, 9.17) is 0 Å². The van der Waals surface area contributed by atoms with Crippen molar-refractivity contribution < 1.29 is 27.6 Å². The van der Waals surface area contributed by atoms with E-state index >= 15 is 0 Å². The van der Waals surface area contributed by atoms with Crippen molar-refractivity contribution >= 4 is 23.5 Å². The zero-order valence-corrected chi connectivity index (χ0v) is 20.2. The van der Waals surface area contributed by atoms with Crippen molar-refractivity contribution in [2.45, 2.75) is 18.8 Å². The molecule has 1 saturated heterocycles. The fraction of sp³-hybridized carbons (Fsp3) is 0.222. The third-order valence-corrected chi connectivity index (χ3v) is 6.15. The molecule has 1 fully saturated rings. The van der Waals surface area contributed by atoms with Gasteiger partial charge in [-0.05, 0) is 35.4 Å². The summed E-state index contributed by atoms with van der Waals surface area (Å²) in [7, 11) is 0. The van der Waals surface area contributed by atoms with Gasteiger partial charge in [-0.1, -0.05) is 60.7 Å². The van der Waals surface area contributed by atoms with Crippen molar-refractivity contribution in [1.29, 1.82) is 0 Å². The minimum atomic E-state index is -5.11.